The molecule has 244 valence electrons. The number of hydrogen-bond acceptors (Lipinski definition) is 13. The van der Waals surface area contributed by atoms with Gasteiger partial charge in [-0.15, -0.1) is 0 Å². The van der Waals surface area contributed by atoms with Crippen LogP contribution in [0.5, 0.6) is 5.88 Å². The van der Waals surface area contributed by atoms with Crippen molar-refractivity contribution in [3.63, 3.8) is 0 Å². The molecule has 12 nitrogen and oxygen atoms in total. The lowest BCUT2D eigenvalue weighted by Crippen LogP contribution is -2.52. The zero-order valence-electron chi connectivity index (χ0n) is 27.1. The summed E-state index contributed by atoms with van der Waals surface area (Å²) in [7, 11) is 3.86. The Kier molecular flexibility index (Phi) is 10.3. The number of benzene rings is 1. The standard InChI is InChI=1S/C32H42BrN11OS/c1-6-44(46-5)28-25(8-7-24-27(28)35-12-11-34-24)37-29-23(33)20-36-32(39-29)38-26-19-21(2)30(40-31(26)45-4)43-13-9-22(10-14-43)42-17-15-41(3)16-18-42/h7-8,11-12,19-20,22H,6,9-10,13-18H2,1-5H3,(H2,36,37,38,39). The van der Waals surface area contributed by atoms with Gasteiger partial charge in [-0.05, 0) is 73.4 Å². The molecule has 2 N–H and O–H groups in total. The summed E-state index contributed by atoms with van der Waals surface area (Å²) in [4.78, 5) is 31.0. The Morgan fingerprint density at radius 2 is 1.76 bits per heavy atom. The van der Waals surface area contributed by atoms with E-state index < -0.39 is 0 Å². The number of likely N-dealkylation sites (N-methyl/N-ethyl adjacent to an activating group) is 1. The van der Waals surface area contributed by atoms with E-state index >= 15 is 0 Å². The van der Waals surface area contributed by atoms with Crippen LogP contribution >= 0.6 is 27.9 Å². The van der Waals surface area contributed by atoms with Gasteiger partial charge in [0.2, 0.25) is 11.8 Å². The van der Waals surface area contributed by atoms with E-state index in [1.807, 2.05) is 12.1 Å². The van der Waals surface area contributed by atoms with Crippen molar-refractivity contribution in [3.8, 4) is 5.88 Å². The second kappa shape index (κ2) is 14.5. The third-order valence-electron chi connectivity index (χ3n) is 8.78. The van der Waals surface area contributed by atoms with E-state index in [1.54, 1.807) is 37.6 Å². The fourth-order valence-electron chi connectivity index (χ4n) is 6.30. The zero-order chi connectivity index (χ0) is 32.2. The molecule has 2 fully saturated rings. The SMILES string of the molecule is CCN(SC)c1c(Nc2nc(Nc3cc(C)c(N4CCC(N5CCN(C)CC5)CC4)nc3OC)ncc2Br)ccc2nccnc12. The summed E-state index contributed by atoms with van der Waals surface area (Å²) in [5.41, 5.74) is 5.26. The first-order chi connectivity index (χ1) is 22.4. The van der Waals surface area contributed by atoms with Crippen molar-refractivity contribution in [1.82, 2.24) is 34.7 Å². The van der Waals surface area contributed by atoms with Gasteiger partial charge in [-0.2, -0.15) is 9.97 Å². The molecule has 2 aliphatic rings. The van der Waals surface area contributed by atoms with Crippen molar-refractivity contribution >= 4 is 73.6 Å². The van der Waals surface area contributed by atoms with Gasteiger partial charge in [0.15, 0.2) is 0 Å². The monoisotopic (exact) mass is 707 g/mol. The molecule has 2 aliphatic heterocycles. The number of fused-ring (bicyclic) bond motifs is 1. The number of methoxy groups -OCH3 is 1. The van der Waals surface area contributed by atoms with Crippen molar-refractivity contribution < 1.29 is 4.74 Å². The fraction of sp³-hybridized carbons (Fsp3) is 0.469. The molecule has 0 saturated carbocycles. The van der Waals surface area contributed by atoms with Crippen LogP contribution in [0.15, 0.2) is 41.3 Å². The van der Waals surface area contributed by atoms with E-state index in [0.717, 1.165) is 96.9 Å². The number of piperazine rings is 1. The predicted octanol–water partition coefficient (Wildman–Crippen LogP) is 5.70. The molecule has 0 atom stereocenters. The number of ether oxygens (including phenoxy) is 1. The maximum Gasteiger partial charge on any atom is 0.239 e. The van der Waals surface area contributed by atoms with Crippen molar-refractivity contribution in [1.29, 1.82) is 0 Å². The minimum Gasteiger partial charge on any atom is -0.479 e. The smallest absolute Gasteiger partial charge is 0.239 e. The van der Waals surface area contributed by atoms with Crippen molar-refractivity contribution in [2.24, 2.45) is 0 Å². The Labute approximate surface area is 283 Å². The maximum absolute atomic E-state index is 5.77. The van der Waals surface area contributed by atoms with Gasteiger partial charge < -0.3 is 29.5 Å². The van der Waals surface area contributed by atoms with Gasteiger partial charge >= 0.3 is 0 Å². The van der Waals surface area contributed by atoms with Gasteiger partial charge in [-0.25, -0.2) is 4.98 Å². The fourth-order valence-corrected chi connectivity index (χ4v) is 7.22. The lowest BCUT2D eigenvalue weighted by atomic mass is 10.0. The molecular formula is C32H42BrN11OS. The van der Waals surface area contributed by atoms with Crippen molar-refractivity contribution in [2.75, 3.05) is 86.1 Å². The Balaban J connectivity index is 1.20. The van der Waals surface area contributed by atoms with E-state index in [0.29, 0.717) is 29.4 Å². The van der Waals surface area contributed by atoms with Crippen molar-refractivity contribution in [2.45, 2.75) is 32.7 Å². The number of piperidine rings is 1. The molecule has 5 heterocycles. The lowest BCUT2D eigenvalue weighted by Gasteiger charge is -2.42. The van der Waals surface area contributed by atoms with Crippen LogP contribution in [0.1, 0.15) is 25.3 Å². The highest BCUT2D eigenvalue weighted by Crippen LogP contribution is 2.39. The summed E-state index contributed by atoms with van der Waals surface area (Å²) in [5, 5.41) is 6.86. The quantitative estimate of drug-likeness (QED) is 0.197. The molecule has 0 aliphatic carbocycles. The Morgan fingerprint density at radius 3 is 2.48 bits per heavy atom. The number of rotatable bonds is 10. The molecule has 6 rings (SSSR count). The Bertz CT molecular complexity index is 1660. The van der Waals surface area contributed by atoms with Gasteiger partial charge in [-0.3, -0.25) is 14.9 Å². The molecular weight excluding hydrogens is 666 g/mol. The summed E-state index contributed by atoms with van der Waals surface area (Å²) >= 11 is 5.27. The minimum absolute atomic E-state index is 0.422. The van der Waals surface area contributed by atoms with E-state index in [-0.39, 0.29) is 0 Å². The molecule has 4 aromatic rings. The summed E-state index contributed by atoms with van der Waals surface area (Å²) in [5.74, 6) is 2.52. The molecule has 0 spiro atoms. The summed E-state index contributed by atoms with van der Waals surface area (Å²) in [6.45, 7) is 11.6. The van der Waals surface area contributed by atoms with Gasteiger partial charge in [0.25, 0.3) is 0 Å². The zero-order valence-corrected chi connectivity index (χ0v) is 29.5. The highest BCUT2D eigenvalue weighted by Gasteiger charge is 2.28. The topological polar surface area (TPSA) is 111 Å². The molecule has 2 saturated heterocycles. The number of anilines is 6. The summed E-state index contributed by atoms with van der Waals surface area (Å²) in [6.07, 6.45) is 9.51. The summed E-state index contributed by atoms with van der Waals surface area (Å²) < 4.78 is 8.69. The van der Waals surface area contributed by atoms with Crippen LogP contribution in [0.4, 0.5) is 34.6 Å². The van der Waals surface area contributed by atoms with Crippen LogP contribution in [-0.4, -0.2) is 107 Å². The second-order valence-electron chi connectivity index (χ2n) is 11.6. The lowest BCUT2D eigenvalue weighted by molar-refractivity contribution is 0.0981. The number of aromatic nitrogens is 5. The molecule has 0 bridgehead atoms. The Morgan fingerprint density at radius 1 is 1.00 bits per heavy atom. The van der Waals surface area contributed by atoms with Gasteiger partial charge in [0.1, 0.15) is 22.8 Å². The number of halogens is 1. The van der Waals surface area contributed by atoms with Crippen molar-refractivity contribution in [3.05, 3.63) is 46.8 Å². The average Bonchev–Trinajstić information content (AvgIpc) is 3.08. The van der Waals surface area contributed by atoms with E-state index in [2.05, 4.69) is 93.7 Å². The van der Waals surface area contributed by atoms with Crippen LogP contribution in [-0.2, 0) is 0 Å². The normalized spacial score (nSPS) is 16.5. The average molecular weight is 709 g/mol. The predicted molar refractivity (Wildman–Crippen MR) is 192 cm³/mol. The van der Waals surface area contributed by atoms with Gasteiger partial charge in [-0.1, -0.05) is 11.9 Å². The molecule has 3 aromatic heterocycles. The Hall–Kier alpha value is -3.46. The van der Waals surface area contributed by atoms with Gasteiger partial charge in [0, 0.05) is 76.7 Å². The highest BCUT2D eigenvalue weighted by molar-refractivity contribution is 9.10. The van der Waals surface area contributed by atoms with E-state index in [9.17, 15) is 0 Å². The van der Waals surface area contributed by atoms with E-state index in [1.165, 1.54) is 0 Å². The first-order valence-corrected chi connectivity index (χ1v) is 17.7. The third-order valence-corrected chi connectivity index (χ3v) is 10.2. The highest BCUT2D eigenvalue weighted by atomic mass is 79.9. The molecule has 0 amide bonds. The molecule has 14 heteroatoms. The van der Waals surface area contributed by atoms with Crippen LogP contribution in [0.2, 0.25) is 0 Å². The molecule has 0 unspecified atom stereocenters. The maximum atomic E-state index is 5.77. The number of nitrogens with zero attached hydrogens (tertiary/aromatic N) is 9. The number of hydrogen-bond donors (Lipinski definition) is 2. The van der Waals surface area contributed by atoms with Gasteiger partial charge in [0.05, 0.1) is 28.5 Å². The molecule has 1 aromatic carbocycles. The first-order valence-electron chi connectivity index (χ1n) is 15.7. The first kappa shape index (κ1) is 32.5. The van der Waals surface area contributed by atoms with Crippen LogP contribution in [0.3, 0.4) is 0 Å². The molecule has 0 radical (unpaired) electrons. The van der Waals surface area contributed by atoms with E-state index in [4.69, 9.17) is 14.7 Å². The third kappa shape index (κ3) is 6.94. The van der Waals surface area contributed by atoms with Crippen LogP contribution in [0.25, 0.3) is 11.0 Å². The largest absolute Gasteiger partial charge is 0.479 e. The molecule has 46 heavy (non-hydrogen) atoms. The number of nitrogens with one attached hydrogen (secondary N) is 2. The second-order valence-corrected chi connectivity index (χ2v) is 13.3. The van der Waals surface area contributed by atoms with Crippen LogP contribution in [0, 0.1) is 6.92 Å². The summed E-state index contributed by atoms with van der Waals surface area (Å²) in [6, 6.07) is 6.70. The number of pyridine rings is 1. The minimum atomic E-state index is 0.422. The van der Waals surface area contributed by atoms with Crippen LogP contribution < -0.4 is 24.6 Å². The number of aryl methyl sites for hydroxylation is 1.